The molecule has 2 aliphatic rings. The molecule has 3 atom stereocenters. The average Bonchev–Trinajstić information content (AvgIpc) is 2.06. The Labute approximate surface area is 74.8 Å². The molecule has 0 bridgehead atoms. The summed E-state index contributed by atoms with van der Waals surface area (Å²) in [5.41, 5.74) is 0. The van der Waals surface area contributed by atoms with Crippen LogP contribution in [0.3, 0.4) is 0 Å². The molecule has 0 aromatic heterocycles. The molecule has 0 radical (unpaired) electrons. The molecule has 0 aromatic rings. The second-order valence-corrected chi connectivity index (χ2v) is 4.33. The normalized spacial score (nSPS) is 39.2. The van der Waals surface area contributed by atoms with Crippen molar-refractivity contribution in [1.29, 1.82) is 0 Å². The zero-order valence-corrected chi connectivity index (χ0v) is 7.92. The molecule has 0 aromatic carbocycles. The highest BCUT2D eigenvalue weighted by Gasteiger charge is 2.39. The van der Waals surface area contributed by atoms with Crippen molar-refractivity contribution in [1.82, 2.24) is 0 Å². The van der Waals surface area contributed by atoms with E-state index in [9.17, 15) is 0 Å². The number of fused-ring (bicyclic) bond motifs is 1. The third kappa shape index (κ3) is 1.23. The fraction of sp³-hybridized carbons (Fsp3) is 0.818. The SMILES string of the molecule is C=C=[N+](C)C1CCC2CCC2C1. The van der Waals surface area contributed by atoms with Gasteiger partial charge in [-0.25, -0.2) is 0 Å². The zero-order chi connectivity index (χ0) is 8.55. The number of hydrogen-bond donors (Lipinski definition) is 0. The van der Waals surface area contributed by atoms with Crippen molar-refractivity contribution < 1.29 is 4.58 Å². The standard InChI is InChI=1S/C11H18N/c1-3-12(2)11-7-6-9-4-5-10(9)8-11/h9-11H,1,4-8H2,2H3/q+1. The summed E-state index contributed by atoms with van der Waals surface area (Å²) < 4.78 is 2.18. The fourth-order valence-electron chi connectivity index (χ4n) is 2.68. The molecule has 0 amide bonds. The zero-order valence-electron chi connectivity index (χ0n) is 7.92. The van der Waals surface area contributed by atoms with E-state index < -0.39 is 0 Å². The number of rotatable bonds is 1. The molecule has 0 aliphatic heterocycles. The van der Waals surface area contributed by atoms with Gasteiger partial charge in [0.15, 0.2) is 11.9 Å². The second kappa shape index (κ2) is 3.06. The molecule has 1 nitrogen and oxygen atoms in total. The highest BCUT2D eigenvalue weighted by molar-refractivity contribution is 5.39. The van der Waals surface area contributed by atoms with Crippen LogP contribution in [0.4, 0.5) is 0 Å². The maximum absolute atomic E-state index is 3.70. The van der Waals surface area contributed by atoms with E-state index in [1.807, 2.05) is 0 Å². The molecule has 12 heavy (non-hydrogen) atoms. The van der Waals surface area contributed by atoms with Crippen LogP contribution in [0.5, 0.6) is 0 Å². The van der Waals surface area contributed by atoms with Gasteiger partial charge in [0.1, 0.15) is 7.05 Å². The summed E-state index contributed by atoms with van der Waals surface area (Å²) in [5, 5.41) is 0. The van der Waals surface area contributed by atoms with Crippen molar-refractivity contribution in [3.05, 3.63) is 6.58 Å². The summed E-state index contributed by atoms with van der Waals surface area (Å²) in [7, 11) is 2.11. The lowest BCUT2D eigenvalue weighted by Gasteiger charge is -2.41. The van der Waals surface area contributed by atoms with Crippen molar-refractivity contribution in [2.24, 2.45) is 11.8 Å². The van der Waals surface area contributed by atoms with Gasteiger partial charge in [-0.15, -0.1) is 0 Å². The minimum absolute atomic E-state index is 0.740. The Balaban J connectivity index is 1.98. The lowest BCUT2D eigenvalue weighted by molar-refractivity contribution is -0.539. The summed E-state index contributed by atoms with van der Waals surface area (Å²) in [5.74, 6) is 5.10. The lowest BCUT2D eigenvalue weighted by atomic mass is 9.64. The van der Waals surface area contributed by atoms with Crippen LogP contribution in [0.25, 0.3) is 0 Å². The van der Waals surface area contributed by atoms with E-state index in [2.05, 4.69) is 24.1 Å². The molecule has 0 spiro atoms. The minimum atomic E-state index is 0.740. The van der Waals surface area contributed by atoms with Crippen molar-refractivity contribution in [3.63, 3.8) is 0 Å². The molecular formula is C11H18N+. The first-order valence-electron chi connectivity index (χ1n) is 5.07. The average molecular weight is 164 g/mol. The predicted molar refractivity (Wildman–Crippen MR) is 50.7 cm³/mol. The largest absolute Gasteiger partial charge is 0.189 e. The third-order valence-corrected chi connectivity index (χ3v) is 3.82. The summed E-state index contributed by atoms with van der Waals surface area (Å²) in [4.78, 5) is 0. The van der Waals surface area contributed by atoms with Gasteiger partial charge < -0.3 is 0 Å². The highest BCUT2D eigenvalue weighted by Crippen LogP contribution is 2.45. The Bertz CT molecular complexity index is 225. The van der Waals surface area contributed by atoms with Crippen LogP contribution < -0.4 is 0 Å². The van der Waals surface area contributed by atoms with Crippen molar-refractivity contribution >= 4 is 5.87 Å². The van der Waals surface area contributed by atoms with Gasteiger partial charge in [0, 0.05) is 19.4 Å². The molecule has 0 heterocycles. The van der Waals surface area contributed by atoms with Crippen LogP contribution in [0.15, 0.2) is 6.58 Å². The van der Waals surface area contributed by atoms with Gasteiger partial charge in [-0.1, -0.05) is 0 Å². The van der Waals surface area contributed by atoms with Gasteiger partial charge in [0.2, 0.25) is 0 Å². The van der Waals surface area contributed by atoms with Gasteiger partial charge in [0.25, 0.3) is 0 Å². The van der Waals surface area contributed by atoms with Gasteiger partial charge in [-0.05, 0) is 31.1 Å². The van der Waals surface area contributed by atoms with E-state index in [0.717, 1.165) is 17.9 Å². The number of hydrogen-bond acceptors (Lipinski definition) is 0. The maximum atomic E-state index is 3.70. The summed E-state index contributed by atoms with van der Waals surface area (Å²) in [6, 6.07) is 0.740. The fourth-order valence-corrected chi connectivity index (χ4v) is 2.68. The molecule has 1 heteroatoms. The predicted octanol–water partition coefficient (Wildman–Crippen LogP) is 2.06. The van der Waals surface area contributed by atoms with E-state index in [4.69, 9.17) is 0 Å². The Morgan fingerprint density at radius 1 is 1.17 bits per heavy atom. The summed E-state index contributed by atoms with van der Waals surface area (Å²) in [6.45, 7) is 3.70. The molecule has 2 fully saturated rings. The van der Waals surface area contributed by atoms with Gasteiger partial charge in [-0.2, -0.15) is 4.58 Å². The Morgan fingerprint density at radius 2 is 1.83 bits per heavy atom. The maximum Gasteiger partial charge on any atom is 0.162 e. The smallest absolute Gasteiger partial charge is 0.162 e. The molecule has 0 saturated heterocycles. The molecule has 66 valence electrons. The van der Waals surface area contributed by atoms with E-state index >= 15 is 0 Å². The monoisotopic (exact) mass is 164 g/mol. The summed E-state index contributed by atoms with van der Waals surface area (Å²) >= 11 is 0. The molecule has 2 saturated carbocycles. The van der Waals surface area contributed by atoms with E-state index in [0.29, 0.717) is 0 Å². The quantitative estimate of drug-likeness (QED) is 0.412. The van der Waals surface area contributed by atoms with Crippen LogP contribution in [0.1, 0.15) is 32.1 Å². The molecular weight excluding hydrogens is 146 g/mol. The topological polar surface area (TPSA) is 3.01 Å². The van der Waals surface area contributed by atoms with Gasteiger partial charge >= 0.3 is 0 Å². The Morgan fingerprint density at radius 3 is 2.33 bits per heavy atom. The van der Waals surface area contributed by atoms with E-state index in [1.54, 1.807) is 0 Å². The van der Waals surface area contributed by atoms with Crippen LogP contribution in [-0.4, -0.2) is 23.5 Å². The first-order chi connectivity index (χ1) is 5.81. The lowest BCUT2D eigenvalue weighted by Crippen LogP contribution is -2.38. The summed E-state index contributed by atoms with van der Waals surface area (Å²) in [6.07, 6.45) is 7.18. The highest BCUT2D eigenvalue weighted by atomic mass is 15.0. The minimum Gasteiger partial charge on any atom is -0.189 e. The van der Waals surface area contributed by atoms with Crippen LogP contribution in [0, 0.1) is 11.8 Å². The first-order valence-corrected chi connectivity index (χ1v) is 5.07. The Hall–Kier alpha value is -0.550. The van der Waals surface area contributed by atoms with Crippen LogP contribution >= 0.6 is 0 Å². The van der Waals surface area contributed by atoms with Gasteiger partial charge in [0.05, 0.1) is 0 Å². The second-order valence-electron chi connectivity index (χ2n) is 4.33. The molecule has 0 N–H and O–H groups in total. The van der Waals surface area contributed by atoms with Gasteiger partial charge in [-0.3, -0.25) is 0 Å². The van der Waals surface area contributed by atoms with Crippen LogP contribution in [0.2, 0.25) is 0 Å². The van der Waals surface area contributed by atoms with Crippen LogP contribution in [-0.2, 0) is 0 Å². The van der Waals surface area contributed by atoms with E-state index in [-0.39, 0.29) is 0 Å². The van der Waals surface area contributed by atoms with Crippen molar-refractivity contribution in [2.45, 2.75) is 38.1 Å². The number of nitrogens with zero attached hydrogens (tertiary/aromatic N) is 1. The van der Waals surface area contributed by atoms with E-state index in [1.165, 1.54) is 32.1 Å². The molecule has 2 aliphatic carbocycles. The Kier molecular flexibility index (Phi) is 2.06. The molecule has 3 unspecified atom stereocenters. The molecule has 2 rings (SSSR count). The first kappa shape index (κ1) is 8.07. The third-order valence-electron chi connectivity index (χ3n) is 3.82. The van der Waals surface area contributed by atoms with Crippen molar-refractivity contribution in [2.75, 3.05) is 7.05 Å². The van der Waals surface area contributed by atoms with Crippen molar-refractivity contribution in [3.8, 4) is 0 Å².